The summed E-state index contributed by atoms with van der Waals surface area (Å²) in [6, 6.07) is 4.19. The maximum atomic E-state index is 7.10. The van der Waals surface area contributed by atoms with E-state index >= 15 is 0 Å². The van der Waals surface area contributed by atoms with E-state index in [1.54, 1.807) is 0 Å². The van der Waals surface area contributed by atoms with E-state index in [0.717, 1.165) is 16.9 Å². The van der Waals surface area contributed by atoms with Gasteiger partial charge in [-0.15, -0.1) is 0 Å². The molecule has 1 rings (SSSR count). The first kappa shape index (κ1) is 11.6. The van der Waals surface area contributed by atoms with E-state index in [4.69, 9.17) is 15.9 Å². The lowest BCUT2D eigenvalue weighted by molar-refractivity contribution is 0.324. The molecule has 0 bridgehead atoms. The predicted molar refractivity (Wildman–Crippen MR) is 62.7 cm³/mol. The van der Waals surface area contributed by atoms with Gasteiger partial charge in [0.2, 0.25) is 0 Å². The van der Waals surface area contributed by atoms with Gasteiger partial charge in [-0.25, -0.2) is 0 Å². The molecular weight excluding hydrogens is 188 g/mol. The molecule has 3 nitrogen and oxygen atoms in total. The van der Waals surface area contributed by atoms with Gasteiger partial charge in [0.15, 0.2) is 0 Å². The van der Waals surface area contributed by atoms with Crippen molar-refractivity contribution < 1.29 is 4.74 Å². The molecule has 1 aromatic rings. The SMILES string of the molecule is Cc1cc(C)c(OCCC(=N)N)c(C)c1. The molecule has 0 aliphatic carbocycles. The Labute approximate surface area is 90.8 Å². The van der Waals surface area contributed by atoms with Crippen LogP contribution in [0.2, 0.25) is 0 Å². The number of benzene rings is 1. The lowest BCUT2D eigenvalue weighted by atomic mass is 10.1. The van der Waals surface area contributed by atoms with Crippen molar-refractivity contribution in [3.63, 3.8) is 0 Å². The second-order valence-corrected chi connectivity index (χ2v) is 3.85. The Hall–Kier alpha value is -1.51. The zero-order valence-corrected chi connectivity index (χ0v) is 9.55. The normalized spacial score (nSPS) is 10.1. The van der Waals surface area contributed by atoms with E-state index in [-0.39, 0.29) is 5.84 Å². The summed E-state index contributed by atoms with van der Waals surface area (Å²) in [5, 5.41) is 7.10. The summed E-state index contributed by atoms with van der Waals surface area (Å²) < 4.78 is 5.61. The zero-order chi connectivity index (χ0) is 11.4. The molecule has 0 atom stereocenters. The van der Waals surface area contributed by atoms with Crippen LogP contribution in [0.25, 0.3) is 0 Å². The third-order valence-electron chi connectivity index (χ3n) is 2.22. The standard InChI is InChI=1S/C12H18N2O/c1-8-6-9(2)12(10(3)7-8)15-5-4-11(13)14/h6-7H,4-5H2,1-3H3,(H3,13,14). The molecule has 1 aromatic carbocycles. The van der Waals surface area contributed by atoms with Crippen molar-refractivity contribution in [3.8, 4) is 5.75 Å². The Morgan fingerprint density at radius 2 is 1.80 bits per heavy atom. The smallest absolute Gasteiger partial charge is 0.125 e. The number of aryl methyl sites for hydroxylation is 3. The van der Waals surface area contributed by atoms with Crippen molar-refractivity contribution in [3.05, 3.63) is 28.8 Å². The Morgan fingerprint density at radius 3 is 2.27 bits per heavy atom. The highest BCUT2D eigenvalue weighted by Crippen LogP contribution is 2.24. The summed E-state index contributed by atoms with van der Waals surface area (Å²) in [5.41, 5.74) is 8.77. The topological polar surface area (TPSA) is 59.1 Å². The fraction of sp³-hybridized carbons (Fsp3) is 0.417. The fourth-order valence-electron chi connectivity index (χ4n) is 1.66. The second kappa shape index (κ2) is 4.82. The van der Waals surface area contributed by atoms with Crippen LogP contribution >= 0.6 is 0 Å². The molecule has 0 fully saturated rings. The van der Waals surface area contributed by atoms with Gasteiger partial charge in [-0.3, -0.25) is 5.41 Å². The molecule has 0 radical (unpaired) electrons. The minimum Gasteiger partial charge on any atom is -0.493 e. The molecule has 15 heavy (non-hydrogen) atoms. The van der Waals surface area contributed by atoms with Crippen molar-refractivity contribution in [2.24, 2.45) is 5.73 Å². The first-order valence-electron chi connectivity index (χ1n) is 5.04. The number of ether oxygens (including phenoxy) is 1. The Bertz CT molecular complexity index is 349. The van der Waals surface area contributed by atoms with Gasteiger partial charge in [-0.1, -0.05) is 17.7 Å². The number of amidine groups is 1. The van der Waals surface area contributed by atoms with Crippen LogP contribution in [0.5, 0.6) is 5.75 Å². The number of hydrogen-bond acceptors (Lipinski definition) is 2. The van der Waals surface area contributed by atoms with Crippen molar-refractivity contribution in [1.82, 2.24) is 0 Å². The summed E-state index contributed by atoms with van der Waals surface area (Å²) in [7, 11) is 0. The van der Waals surface area contributed by atoms with Crippen LogP contribution < -0.4 is 10.5 Å². The first-order chi connectivity index (χ1) is 7.00. The van der Waals surface area contributed by atoms with Gasteiger partial charge in [-0.2, -0.15) is 0 Å². The van der Waals surface area contributed by atoms with Crippen molar-refractivity contribution >= 4 is 5.84 Å². The van der Waals surface area contributed by atoms with E-state index in [2.05, 4.69) is 19.1 Å². The Morgan fingerprint density at radius 1 is 1.27 bits per heavy atom. The highest BCUT2D eigenvalue weighted by atomic mass is 16.5. The second-order valence-electron chi connectivity index (χ2n) is 3.85. The molecule has 82 valence electrons. The van der Waals surface area contributed by atoms with Crippen molar-refractivity contribution in [2.75, 3.05) is 6.61 Å². The lowest BCUT2D eigenvalue weighted by Crippen LogP contribution is -2.14. The fourth-order valence-corrected chi connectivity index (χ4v) is 1.66. The molecular formula is C12H18N2O. The van der Waals surface area contributed by atoms with Gasteiger partial charge < -0.3 is 10.5 Å². The molecule has 0 aliphatic heterocycles. The van der Waals surface area contributed by atoms with E-state index in [1.807, 2.05) is 13.8 Å². The summed E-state index contributed by atoms with van der Waals surface area (Å²) in [6.07, 6.45) is 0.479. The molecule has 3 N–H and O–H groups in total. The maximum Gasteiger partial charge on any atom is 0.125 e. The zero-order valence-electron chi connectivity index (χ0n) is 9.55. The number of hydrogen-bond donors (Lipinski definition) is 2. The third-order valence-corrected chi connectivity index (χ3v) is 2.22. The highest BCUT2D eigenvalue weighted by Gasteiger charge is 2.04. The van der Waals surface area contributed by atoms with Crippen LogP contribution in [0.3, 0.4) is 0 Å². The third kappa shape index (κ3) is 3.27. The number of nitrogens with one attached hydrogen (secondary N) is 1. The average Bonchev–Trinajstić information content (AvgIpc) is 2.08. The summed E-state index contributed by atoms with van der Waals surface area (Å²) in [6.45, 7) is 6.60. The van der Waals surface area contributed by atoms with Crippen LogP contribution in [-0.4, -0.2) is 12.4 Å². The van der Waals surface area contributed by atoms with Crippen molar-refractivity contribution in [1.29, 1.82) is 5.41 Å². The van der Waals surface area contributed by atoms with Crippen LogP contribution in [0.15, 0.2) is 12.1 Å². The van der Waals surface area contributed by atoms with E-state index < -0.39 is 0 Å². The van der Waals surface area contributed by atoms with Crippen LogP contribution in [0, 0.1) is 26.2 Å². The minimum absolute atomic E-state index is 0.164. The van der Waals surface area contributed by atoms with Crippen LogP contribution in [-0.2, 0) is 0 Å². The van der Waals surface area contributed by atoms with Crippen LogP contribution in [0.4, 0.5) is 0 Å². The highest BCUT2D eigenvalue weighted by molar-refractivity contribution is 5.76. The van der Waals surface area contributed by atoms with Gasteiger partial charge in [-0.05, 0) is 31.9 Å². The number of nitrogens with two attached hydrogens (primary N) is 1. The van der Waals surface area contributed by atoms with Gasteiger partial charge in [0, 0.05) is 6.42 Å². The molecule has 3 heteroatoms. The van der Waals surface area contributed by atoms with Crippen LogP contribution in [0.1, 0.15) is 23.1 Å². The molecule has 0 spiro atoms. The molecule has 0 aromatic heterocycles. The summed E-state index contributed by atoms with van der Waals surface area (Å²) in [5.74, 6) is 1.08. The van der Waals surface area contributed by atoms with E-state index in [9.17, 15) is 0 Å². The molecule has 0 unspecified atom stereocenters. The first-order valence-corrected chi connectivity index (χ1v) is 5.04. The largest absolute Gasteiger partial charge is 0.493 e. The summed E-state index contributed by atoms with van der Waals surface area (Å²) >= 11 is 0. The Balaban J connectivity index is 2.72. The average molecular weight is 206 g/mol. The molecule has 0 saturated carbocycles. The van der Waals surface area contributed by atoms with Gasteiger partial charge in [0.25, 0.3) is 0 Å². The quantitative estimate of drug-likeness (QED) is 0.586. The molecule has 0 saturated heterocycles. The van der Waals surface area contributed by atoms with E-state index in [1.165, 1.54) is 5.56 Å². The Kier molecular flexibility index (Phi) is 3.72. The molecule has 0 aliphatic rings. The van der Waals surface area contributed by atoms with Gasteiger partial charge in [0.05, 0.1) is 12.4 Å². The number of rotatable bonds is 4. The molecule has 0 heterocycles. The monoisotopic (exact) mass is 206 g/mol. The summed E-state index contributed by atoms with van der Waals surface area (Å²) in [4.78, 5) is 0. The van der Waals surface area contributed by atoms with Crippen molar-refractivity contribution in [2.45, 2.75) is 27.2 Å². The van der Waals surface area contributed by atoms with Gasteiger partial charge >= 0.3 is 0 Å². The van der Waals surface area contributed by atoms with E-state index in [0.29, 0.717) is 13.0 Å². The lowest BCUT2D eigenvalue weighted by Gasteiger charge is -2.12. The molecule has 0 amide bonds. The minimum atomic E-state index is 0.164. The predicted octanol–water partition coefficient (Wildman–Crippen LogP) is 2.32. The van der Waals surface area contributed by atoms with Gasteiger partial charge in [0.1, 0.15) is 5.75 Å². The maximum absolute atomic E-state index is 7.10.